The van der Waals surface area contributed by atoms with Crippen LogP contribution in [0.15, 0.2) is 35.4 Å². The van der Waals surface area contributed by atoms with E-state index in [-0.39, 0.29) is 28.9 Å². The molecule has 2 amide bonds. The zero-order chi connectivity index (χ0) is 23.6. The zero-order valence-corrected chi connectivity index (χ0v) is 19.5. The number of hydrogen-bond donors (Lipinski definition) is 2. The average Bonchev–Trinajstić information content (AvgIpc) is 3.33. The first-order valence-corrected chi connectivity index (χ1v) is 12.7. The molecule has 0 radical (unpaired) electrons. The Balaban J connectivity index is 1.43. The Morgan fingerprint density at radius 2 is 1.85 bits per heavy atom. The maximum atomic E-state index is 13.8. The van der Waals surface area contributed by atoms with Crippen LogP contribution in [0.1, 0.15) is 48.2 Å². The van der Waals surface area contributed by atoms with E-state index in [9.17, 15) is 22.4 Å². The summed E-state index contributed by atoms with van der Waals surface area (Å²) in [6, 6.07) is 5.84. The topological polar surface area (TPSA) is 103 Å². The van der Waals surface area contributed by atoms with E-state index in [4.69, 9.17) is 0 Å². The minimum atomic E-state index is -3.87. The summed E-state index contributed by atoms with van der Waals surface area (Å²) in [5.41, 5.74) is 1.07. The molecule has 2 aromatic rings. The van der Waals surface area contributed by atoms with E-state index in [1.54, 1.807) is 24.0 Å². The summed E-state index contributed by atoms with van der Waals surface area (Å²) < 4.78 is 41.5. The van der Waals surface area contributed by atoms with Gasteiger partial charge >= 0.3 is 0 Å². The number of amides is 2. The fourth-order valence-electron chi connectivity index (χ4n) is 4.35. The highest BCUT2D eigenvalue weighted by Gasteiger charge is 2.34. The van der Waals surface area contributed by atoms with Crippen molar-refractivity contribution in [3.63, 3.8) is 0 Å². The molecule has 8 nitrogen and oxygen atoms in total. The van der Waals surface area contributed by atoms with Gasteiger partial charge in [0.2, 0.25) is 15.9 Å². The van der Waals surface area contributed by atoms with E-state index in [2.05, 4.69) is 10.3 Å². The average molecular weight is 477 g/mol. The molecular weight excluding hydrogens is 447 g/mol. The highest BCUT2D eigenvalue weighted by molar-refractivity contribution is 7.89. The van der Waals surface area contributed by atoms with Crippen LogP contribution in [0.25, 0.3) is 0 Å². The summed E-state index contributed by atoms with van der Waals surface area (Å²) in [6.07, 6.45) is 5.40. The number of hydrogen-bond acceptors (Lipinski definition) is 4. The van der Waals surface area contributed by atoms with E-state index in [1.807, 2.05) is 0 Å². The third-order valence-corrected chi connectivity index (χ3v) is 8.21. The molecule has 3 heterocycles. The Kier molecular flexibility index (Phi) is 6.85. The predicted octanol–water partition coefficient (Wildman–Crippen LogP) is 3.13. The molecule has 2 aliphatic heterocycles. The second-order valence-corrected chi connectivity index (χ2v) is 10.7. The van der Waals surface area contributed by atoms with Crippen LogP contribution < -0.4 is 5.32 Å². The van der Waals surface area contributed by atoms with Gasteiger partial charge in [0.1, 0.15) is 16.4 Å². The van der Waals surface area contributed by atoms with E-state index in [0.717, 1.165) is 19.3 Å². The predicted molar refractivity (Wildman–Crippen MR) is 122 cm³/mol. The van der Waals surface area contributed by atoms with Crippen LogP contribution in [-0.2, 0) is 14.8 Å². The largest absolute Gasteiger partial charge is 0.356 e. The van der Waals surface area contributed by atoms with Crippen molar-refractivity contribution < 1.29 is 22.4 Å². The van der Waals surface area contributed by atoms with Crippen molar-refractivity contribution >= 4 is 27.5 Å². The van der Waals surface area contributed by atoms with Crippen LogP contribution >= 0.6 is 0 Å². The van der Waals surface area contributed by atoms with E-state index in [0.29, 0.717) is 43.7 Å². The minimum absolute atomic E-state index is 0.0181. The highest BCUT2D eigenvalue weighted by atomic mass is 32.2. The van der Waals surface area contributed by atoms with Gasteiger partial charge in [0.05, 0.1) is 5.92 Å². The van der Waals surface area contributed by atoms with Gasteiger partial charge in [0.25, 0.3) is 5.91 Å². The lowest BCUT2D eigenvalue weighted by Crippen LogP contribution is -2.43. The third kappa shape index (κ3) is 5.11. The summed E-state index contributed by atoms with van der Waals surface area (Å²) in [7, 11) is -3.87. The lowest BCUT2D eigenvalue weighted by molar-refractivity contribution is -0.120. The fraction of sp³-hybridized carbons (Fsp3) is 0.478. The maximum absolute atomic E-state index is 13.8. The van der Waals surface area contributed by atoms with Gasteiger partial charge in [0, 0.05) is 38.1 Å². The Labute approximate surface area is 193 Å². The quantitative estimate of drug-likeness (QED) is 0.692. The summed E-state index contributed by atoms with van der Waals surface area (Å²) in [4.78, 5) is 30.0. The molecular formula is C23H29FN4O4S. The lowest BCUT2D eigenvalue weighted by atomic mass is 9.98. The van der Waals surface area contributed by atoms with E-state index in [1.165, 1.54) is 22.6 Å². The van der Waals surface area contributed by atoms with Crippen LogP contribution in [0, 0.1) is 18.7 Å². The van der Waals surface area contributed by atoms with Gasteiger partial charge in [-0.1, -0.05) is 6.07 Å². The number of aromatic amines is 1. The molecule has 4 rings (SSSR count). The van der Waals surface area contributed by atoms with Crippen LogP contribution in [-0.4, -0.2) is 60.6 Å². The minimum Gasteiger partial charge on any atom is -0.356 e. The van der Waals surface area contributed by atoms with Crippen LogP contribution in [0.3, 0.4) is 0 Å². The monoisotopic (exact) mass is 476 g/mol. The molecule has 0 unspecified atom stereocenters. The number of benzene rings is 1. The SMILES string of the molecule is Cc1ccc(NC(=O)[C@H]2CCCN(S(=O)(=O)c3c[nH]c(C(=O)N4CCCCC4)c3)C2)cc1F. The number of halogens is 1. The number of carbonyl (C=O) groups is 2. The highest BCUT2D eigenvalue weighted by Crippen LogP contribution is 2.26. The van der Waals surface area contributed by atoms with Crippen molar-refractivity contribution in [2.75, 3.05) is 31.5 Å². The summed E-state index contributed by atoms with van der Waals surface area (Å²) in [5, 5.41) is 2.69. The molecule has 1 aromatic carbocycles. The Bertz CT molecular complexity index is 1140. The normalized spacial score (nSPS) is 19.9. The molecule has 2 N–H and O–H groups in total. The number of sulfonamides is 1. The number of likely N-dealkylation sites (tertiary alicyclic amines) is 1. The molecule has 178 valence electrons. The summed E-state index contributed by atoms with van der Waals surface area (Å²) >= 11 is 0. The maximum Gasteiger partial charge on any atom is 0.270 e. The number of aromatic nitrogens is 1. The molecule has 0 aliphatic carbocycles. The van der Waals surface area contributed by atoms with Gasteiger partial charge in [-0.05, 0) is 62.8 Å². The molecule has 1 atom stereocenters. The number of rotatable bonds is 5. The molecule has 0 saturated carbocycles. The summed E-state index contributed by atoms with van der Waals surface area (Å²) in [5.74, 6) is -1.50. The first kappa shape index (κ1) is 23.4. The Morgan fingerprint density at radius 1 is 1.09 bits per heavy atom. The first-order valence-electron chi connectivity index (χ1n) is 11.3. The van der Waals surface area contributed by atoms with Crippen molar-refractivity contribution in [2.45, 2.75) is 43.9 Å². The van der Waals surface area contributed by atoms with Crippen molar-refractivity contribution in [3.8, 4) is 0 Å². The van der Waals surface area contributed by atoms with Crippen LogP contribution in [0.4, 0.5) is 10.1 Å². The third-order valence-electron chi connectivity index (χ3n) is 6.36. The van der Waals surface area contributed by atoms with Gasteiger partial charge in [-0.3, -0.25) is 9.59 Å². The van der Waals surface area contributed by atoms with Crippen molar-refractivity contribution in [3.05, 3.63) is 47.5 Å². The van der Waals surface area contributed by atoms with Crippen molar-refractivity contribution in [1.29, 1.82) is 0 Å². The summed E-state index contributed by atoms with van der Waals surface area (Å²) in [6.45, 7) is 3.31. The van der Waals surface area contributed by atoms with Gasteiger partial charge in [-0.15, -0.1) is 0 Å². The van der Waals surface area contributed by atoms with Gasteiger partial charge in [-0.2, -0.15) is 4.31 Å². The number of piperidine rings is 2. The number of aryl methyl sites for hydroxylation is 1. The standard InChI is InChI=1S/C23H29FN4O4S/c1-16-7-8-18(12-20(16)24)26-22(29)17-6-5-11-28(15-17)33(31,32)19-13-21(25-14-19)23(30)27-9-3-2-4-10-27/h7-8,12-14,17,25H,2-6,9-11,15H2,1H3,(H,26,29)/t17-/m0/s1. The molecule has 2 saturated heterocycles. The zero-order valence-electron chi connectivity index (χ0n) is 18.6. The molecule has 0 bridgehead atoms. The first-order chi connectivity index (χ1) is 15.8. The van der Waals surface area contributed by atoms with Gasteiger partial charge in [0.15, 0.2) is 0 Å². The van der Waals surface area contributed by atoms with Crippen molar-refractivity contribution in [2.24, 2.45) is 5.92 Å². The molecule has 10 heteroatoms. The Morgan fingerprint density at radius 3 is 2.58 bits per heavy atom. The smallest absolute Gasteiger partial charge is 0.270 e. The molecule has 33 heavy (non-hydrogen) atoms. The van der Waals surface area contributed by atoms with Crippen LogP contribution in [0.5, 0.6) is 0 Å². The molecule has 2 aliphatic rings. The van der Waals surface area contributed by atoms with Gasteiger partial charge < -0.3 is 15.2 Å². The second kappa shape index (κ2) is 9.64. The fourth-order valence-corrected chi connectivity index (χ4v) is 5.87. The van der Waals surface area contributed by atoms with Crippen molar-refractivity contribution in [1.82, 2.24) is 14.2 Å². The van der Waals surface area contributed by atoms with Crippen LogP contribution in [0.2, 0.25) is 0 Å². The van der Waals surface area contributed by atoms with E-state index >= 15 is 0 Å². The number of nitrogens with zero attached hydrogens (tertiary/aromatic N) is 2. The molecule has 1 aromatic heterocycles. The number of anilines is 1. The molecule has 0 spiro atoms. The molecule has 2 fully saturated rings. The van der Waals surface area contributed by atoms with Gasteiger partial charge in [-0.25, -0.2) is 12.8 Å². The number of H-pyrrole nitrogens is 1. The number of nitrogens with one attached hydrogen (secondary N) is 2. The Hall–Kier alpha value is -2.72. The lowest BCUT2D eigenvalue weighted by Gasteiger charge is -2.31. The number of carbonyl (C=O) groups excluding carboxylic acids is 2. The van der Waals surface area contributed by atoms with E-state index < -0.39 is 21.8 Å². The second-order valence-electron chi connectivity index (χ2n) is 8.76.